The van der Waals surface area contributed by atoms with E-state index < -0.39 is 10.0 Å². The molecule has 0 radical (unpaired) electrons. The quantitative estimate of drug-likeness (QED) is 0.551. The first-order chi connectivity index (χ1) is 15.9. The van der Waals surface area contributed by atoms with Gasteiger partial charge in [0.1, 0.15) is 0 Å². The molecule has 2 aromatic carbocycles. The van der Waals surface area contributed by atoms with Gasteiger partial charge in [0.05, 0.1) is 23.8 Å². The maximum Gasteiger partial charge on any atom is 0.243 e. The van der Waals surface area contributed by atoms with Crippen molar-refractivity contribution in [3.05, 3.63) is 81.7 Å². The van der Waals surface area contributed by atoms with Crippen LogP contribution in [0.2, 0.25) is 0 Å². The normalized spacial score (nSPS) is 16.4. The summed E-state index contributed by atoms with van der Waals surface area (Å²) in [4.78, 5) is 0.410. The zero-order valence-electron chi connectivity index (χ0n) is 19.4. The molecule has 0 bridgehead atoms. The molecule has 0 fully saturated rings. The first kappa shape index (κ1) is 22.3. The molecule has 0 saturated heterocycles. The number of sulfonamides is 1. The van der Waals surface area contributed by atoms with Gasteiger partial charge in [-0.05, 0) is 61.4 Å². The van der Waals surface area contributed by atoms with Gasteiger partial charge in [-0.25, -0.2) is 8.42 Å². The number of aryl methyl sites for hydroxylation is 4. The van der Waals surface area contributed by atoms with E-state index in [1.807, 2.05) is 23.9 Å². The summed E-state index contributed by atoms with van der Waals surface area (Å²) in [6.45, 7) is 3.74. The monoisotopic (exact) mass is 465 g/mol. The molecule has 2 heterocycles. The van der Waals surface area contributed by atoms with Gasteiger partial charge in [-0.3, -0.25) is 4.68 Å². The van der Waals surface area contributed by atoms with Gasteiger partial charge in [0, 0.05) is 37.8 Å². The van der Waals surface area contributed by atoms with E-state index >= 15 is 0 Å². The molecule has 1 aliphatic carbocycles. The van der Waals surface area contributed by atoms with Crippen molar-refractivity contribution in [1.82, 2.24) is 14.1 Å². The number of rotatable bonds is 6. The molecular weight excluding hydrogens is 434 g/mol. The average Bonchev–Trinajstić information content (AvgIpc) is 3.15. The van der Waals surface area contributed by atoms with Crippen molar-refractivity contribution < 1.29 is 13.2 Å². The lowest BCUT2D eigenvalue weighted by atomic mass is 9.92. The molecule has 33 heavy (non-hydrogen) atoms. The van der Waals surface area contributed by atoms with Gasteiger partial charge in [-0.15, -0.1) is 0 Å². The van der Waals surface area contributed by atoms with Crippen LogP contribution in [0.5, 0.6) is 0 Å². The summed E-state index contributed by atoms with van der Waals surface area (Å²) < 4.78 is 36.4. The minimum Gasteiger partial charge on any atom is -0.370 e. The third kappa shape index (κ3) is 4.50. The van der Waals surface area contributed by atoms with Crippen molar-refractivity contribution >= 4 is 10.0 Å². The molecule has 1 aromatic heterocycles. The molecule has 6 nitrogen and oxygen atoms in total. The van der Waals surface area contributed by atoms with E-state index in [1.165, 1.54) is 23.1 Å². The van der Waals surface area contributed by atoms with Crippen molar-refractivity contribution in [2.45, 2.75) is 63.7 Å². The van der Waals surface area contributed by atoms with Crippen LogP contribution >= 0.6 is 0 Å². The van der Waals surface area contributed by atoms with Crippen molar-refractivity contribution in [3.63, 3.8) is 0 Å². The molecule has 3 aromatic rings. The topological polar surface area (TPSA) is 64.4 Å². The summed E-state index contributed by atoms with van der Waals surface area (Å²) in [5.74, 6) is 0. The molecule has 0 unspecified atom stereocenters. The van der Waals surface area contributed by atoms with Crippen molar-refractivity contribution in [3.8, 4) is 0 Å². The molecule has 0 atom stereocenters. The second-order valence-corrected chi connectivity index (χ2v) is 11.1. The summed E-state index contributed by atoms with van der Waals surface area (Å²) >= 11 is 0. The van der Waals surface area contributed by atoms with Gasteiger partial charge in [0.15, 0.2) is 0 Å². The standard InChI is InChI=1S/C26H31N3O3S/c1-19-7-9-20(10-8-19)17-32-18-25-24-16-29(14-13-26(24)28(2)27-25)33(30,31)23-12-11-21-5-3-4-6-22(21)15-23/h7-12,15H,3-6,13-14,16-18H2,1-2H3. The maximum atomic E-state index is 13.5. The van der Waals surface area contributed by atoms with Crippen LogP contribution in [-0.4, -0.2) is 29.0 Å². The SMILES string of the molecule is Cc1ccc(COCc2nn(C)c3c2CN(S(=O)(=O)c2ccc4c(c2)CCCC4)CC3)cc1. The van der Waals surface area contributed by atoms with Crippen LogP contribution in [0.25, 0.3) is 0 Å². The summed E-state index contributed by atoms with van der Waals surface area (Å²) in [6.07, 6.45) is 4.98. The van der Waals surface area contributed by atoms with Gasteiger partial charge in [-0.1, -0.05) is 35.9 Å². The summed E-state index contributed by atoms with van der Waals surface area (Å²) in [5.41, 5.74) is 7.72. The Morgan fingerprint density at radius 1 is 0.970 bits per heavy atom. The van der Waals surface area contributed by atoms with E-state index in [1.54, 1.807) is 10.4 Å². The Hall–Kier alpha value is -2.48. The fourth-order valence-corrected chi connectivity index (χ4v) is 6.40. The molecular formula is C26H31N3O3S. The average molecular weight is 466 g/mol. The fourth-order valence-electron chi connectivity index (χ4n) is 4.94. The minimum atomic E-state index is -3.56. The van der Waals surface area contributed by atoms with E-state index in [9.17, 15) is 8.42 Å². The first-order valence-electron chi connectivity index (χ1n) is 11.7. The molecule has 174 valence electrons. The zero-order chi connectivity index (χ0) is 23.0. The van der Waals surface area contributed by atoms with Crippen molar-refractivity contribution in [2.75, 3.05) is 6.54 Å². The predicted molar refractivity (Wildman–Crippen MR) is 127 cm³/mol. The van der Waals surface area contributed by atoms with E-state index in [-0.39, 0.29) is 0 Å². The molecule has 2 aliphatic rings. The fraction of sp³-hybridized carbons (Fsp3) is 0.423. The maximum absolute atomic E-state index is 13.5. The van der Waals surface area contributed by atoms with Crippen LogP contribution in [-0.2, 0) is 60.8 Å². The van der Waals surface area contributed by atoms with E-state index in [4.69, 9.17) is 4.74 Å². The van der Waals surface area contributed by atoms with E-state index in [0.717, 1.165) is 41.8 Å². The highest BCUT2D eigenvalue weighted by atomic mass is 32.2. The summed E-state index contributed by atoms with van der Waals surface area (Å²) in [7, 11) is -1.63. The van der Waals surface area contributed by atoms with E-state index in [2.05, 4.69) is 36.3 Å². The number of ether oxygens (including phenoxy) is 1. The first-order valence-corrected chi connectivity index (χ1v) is 13.1. The number of hydrogen-bond donors (Lipinski definition) is 0. The number of benzene rings is 2. The summed E-state index contributed by atoms with van der Waals surface area (Å²) in [6, 6.07) is 14.0. The van der Waals surface area contributed by atoms with Gasteiger partial charge in [0.2, 0.25) is 10.0 Å². The number of fused-ring (bicyclic) bond motifs is 2. The van der Waals surface area contributed by atoms with Gasteiger partial charge < -0.3 is 4.74 Å². The predicted octanol–water partition coefficient (Wildman–Crippen LogP) is 4.07. The number of hydrogen-bond acceptors (Lipinski definition) is 4. The summed E-state index contributed by atoms with van der Waals surface area (Å²) in [5, 5.41) is 4.65. The third-order valence-corrected chi connectivity index (χ3v) is 8.72. The zero-order valence-corrected chi connectivity index (χ0v) is 20.2. The third-order valence-electron chi connectivity index (χ3n) is 6.88. The Balaban J connectivity index is 1.33. The van der Waals surface area contributed by atoms with Crippen LogP contribution in [0.4, 0.5) is 0 Å². The van der Waals surface area contributed by atoms with Crippen LogP contribution in [0.3, 0.4) is 0 Å². The second kappa shape index (κ2) is 9.05. The van der Waals surface area contributed by atoms with Crippen LogP contribution in [0, 0.1) is 6.92 Å². The molecule has 5 rings (SSSR count). The smallest absolute Gasteiger partial charge is 0.243 e. The number of nitrogens with zero attached hydrogens (tertiary/aromatic N) is 3. The lowest BCUT2D eigenvalue weighted by Crippen LogP contribution is -2.36. The highest BCUT2D eigenvalue weighted by molar-refractivity contribution is 7.89. The Bertz CT molecular complexity index is 1260. The molecule has 0 amide bonds. The van der Waals surface area contributed by atoms with Crippen LogP contribution < -0.4 is 0 Å². The Labute approximate surface area is 196 Å². The van der Waals surface area contributed by atoms with Crippen molar-refractivity contribution in [1.29, 1.82) is 0 Å². The molecule has 7 heteroatoms. The van der Waals surface area contributed by atoms with Crippen LogP contribution in [0.1, 0.15) is 52.0 Å². The Kier molecular flexibility index (Phi) is 6.12. The highest BCUT2D eigenvalue weighted by Gasteiger charge is 2.32. The highest BCUT2D eigenvalue weighted by Crippen LogP contribution is 2.30. The molecule has 0 N–H and O–H groups in total. The minimum absolute atomic E-state index is 0.339. The van der Waals surface area contributed by atoms with Gasteiger partial charge in [0.25, 0.3) is 0 Å². The molecule has 0 spiro atoms. The van der Waals surface area contributed by atoms with Gasteiger partial charge in [-0.2, -0.15) is 9.40 Å². The Morgan fingerprint density at radius 3 is 2.52 bits per heavy atom. The lowest BCUT2D eigenvalue weighted by Gasteiger charge is -2.27. The second-order valence-electron chi connectivity index (χ2n) is 9.20. The largest absolute Gasteiger partial charge is 0.370 e. The Morgan fingerprint density at radius 2 is 1.73 bits per heavy atom. The van der Waals surface area contributed by atoms with Crippen molar-refractivity contribution in [2.24, 2.45) is 7.05 Å². The van der Waals surface area contributed by atoms with Crippen LogP contribution in [0.15, 0.2) is 47.4 Å². The van der Waals surface area contributed by atoms with E-state index in [0.29, 0.717) is 37.6 Å². The molecule has 0 saturated carbocycles. The number of aromatic nitrogens is 2. The lowest BCUT2D eigenvalue weighted by molar-refractivity contribution is 0.103. The van der Waals surface area contributed by atoms with Gasteiger partial charge >= 0.3 is 0 Å². The molecule has 1 aliphatic heterocycles.